The zero-order valence-corrected chi connectivity index (χ0v) is 10.3. The minimum atomic E-state index is -0.563. The van der Waals surface area contributed by atoms with Gasteiger partial charge in [-0.3, -0.25) is 10.1 Å². The molecule has 7 nitrogen and oxygen atoms in total. The van der Waals surface area contributed by atoms with E-state index >= 15 is 0 Å². The third-order valence-electron chi connectivity index (χ3n) is 1.89. The van der Waals surface area contributed by atoms with E-state index < -0.39 is 4.92 Å². The summed E-state index contributed by atoms with van der Waals surface area (Å²) in [4.78, 5) is 17.5. The smallest absolute Gasteiger partial charge is 0.329 e. The predicted octanol–water partition coefficient (Wildman–Crippen LogP) is 1.88. The van der Waals surface area contributed by atoms with E-state index in [0.717, 1.165) is 6.20 Å². The first-order chi connectivity index (χ1) is 8.04. The summed E-state index contributed by atoms with van der Waals surface area (Å²) in [5, 5.41) is 13.6. The minimum Gasteiger partial charge on any atom is -0.380 e. The highest BCUT2D eigenvalue weighted by molar-refractivity contribution is 6.28. The van der Waals surface area contributed by atoms with Gasteiger partial charge in [0.05, 0.1) is 11.5 Å². The summed E-state index contributed by atoms with van der Waals surface area (Å²) in [5.41, 5.74) is -0.210. The molecule has 94 valence electrons. The molecule has 0 saturated heterocycles. The maximum Gasteiger partial charge on any atom is 0.329 e. The molecule has 0 bridgehead atoms. The highest BCUT2D eigenvalue weighted by atomic mass is 35.5. The quantitative estimate of drug-likeness (QED) is 0.477. The van der Waals surface area contributed by atoms with Crippen molar-refractivity contribution in [1.29, 1.82) is 0 Å². The number of hydrogen-bond donors (Lipinski definition) is 1. The lowest BCUT2D eigenvalue weighted by Gasteiger charge is -2.13. The van der Waals surface area contributed by atoms with Crippen LogP contribution < -0.4 is 5.32 Å². The first-order valence-electron chi connectivity index (χ1n) is 5.05. The molecule has 1 unspecified atom stereocenters. The zero-order chi connectivity index (χ0) is 12.8. The van der Waals surface area contributed by atoms with Gasteiger partial charge in [0.1, 0.15) is 6.20 Å². The van der Waals surface area contributed by atoms with Crippen molar-refractivity contribution in [3.8, 4) is 0 Å². The summed E-state index contributed by atoms with van der Waals surface area (Å²) in [6.07, 6.45) is 1.07. The Balaban J connectivity index is 2.81. The van der Waals surface area contributed by atoms with Crippen LogP contribution in [0.3, 0.4) is 0 Å². The molecule has 0 amide bonds. The summed E-state index contributed by atoms with van der Waals surface area (Å²) in [6.45, 7) is 4.71. The molecule has 1 N–H and O–H groups in total. The van der Waals surface area contributed by atoms with Crippen LogP contribution in [0.4, 0.5) is 11.5 Å². The van der Waals surface area contributed by atoms with Crippen molar-refractivity contribution in [3.63, 3.8) is 0 Å². The average Bonchev–Trinajstić information content (AvgIpc) is 2.26. The molecular formula is C9H13ClN4O3. The van der Waals surface area contributed by atoms with Crippen LogP contribution >= 0.6 is 11.6 Å². The van der Waals surface area contributed by atoms with Gasteiger partial charge in [0.2, 0.25) is 11.1 Å². The molecule has 0 spiro atoms. The van der Waals surface area contributed by atoms with Crippen molar-refractivity contribution >= 4 is 23.1 Å². The number of anilines is 1. The highest BCUT2D eigenvalue weighted by Crippen LogP contribution is 2.22. The SMILES string of the molecule is CCOCC(C)Nc1nc(Cl)ncc1[N+](=O)[O-]. The Kier molecular flexibility index (Phi) is 5.05. The fraction of sp³-hybridized carbons (Fsp3) is 0.556. The Labute approximate surface area is 103 Å². The van der Waals surface area contributed by atoms with Gasteiger partial charge in [-0.25, -0.2) is 4.98 Å². The normalized spacial score (nSPS) is 12.2. The molecule has 17 heavy (non-hydrogen) atoms. The summed E-state index contributed by atoms with van der Waals surface area (Å²) >= 11 is 5.59. The van der Waals surface area contributed by atoms with Crippen LogP contribution in [0.25, 0.3) is 0 Å². The Morgan fingerprint density at radius 2 is 2.41 bits per heavy atom. The van der Waals surface area contributed by atoms with E-state index in [0.29, 0.717) is 13.2 Å². The molecule has 1 aromatic heterocycles. The molecule has 1 aromatic rings. The zero-order valence-electron chi connectivity index (χ0n) is 9.51. The molecule has 0 radical (unpaired) electrons. The summed E-state index contributed by atoms with van der Waals surface area (Å²) in [5.74, 6) is 0.0993. The van der Waals surface area contributed by atoms with Crippen LogP contribution in [0.15, 0.2) is 6.20 Å². The molecular weight excluding hydrogens is 248 g/mol. The lowest BCUT2D eigenvalue weighted by Crippen LogP contribution is -2.23. The lowest BCUT2D eigenvalue weighted by molar-refractivity contribution is -0.384. The van der Waals surface area contributed by atoms with E-state index in [1.807, 2.05) is 13.8 Å². The topological polar surface area (TPSA) is 90.2 Å². The molecule has 0 aliphatic carbocycles. The second-order valence-corrected chi connectivity index (χ2v) is 3.67. The first-order valence-corrected chi connectivity index (χ1v) is 5.43. The molecule has 0 fully saturated rings. The van der Waals surface area contributed by atoms with Gasteiger partial charge < -0.3 is 10.1 Å². The van der Waals surface area contributed by atoms with E-state index in [1.54, 1.807) is 0 Å². The maximum absolute atomic E-state index is 10.7. The molecule has 0 aliphatic heterocycles. The fourth-order valence-electron chi connectivity index (χ4n) is 1.16. The number of aromatic nitrogens is 2. The number of nitrogens with one attached hydrogen (secondary N) is 1. The first kappa shape index (κ1) is 13.6. The van der Waals surface area contributed by atoms with Crippen molar-refractivity contribution in [1.82, 2.24) is 9.97 Å². The predicted molar refractivity (Wildman–Crippen MR) is 63.3 cm³/mol. The molecule has 0 saturated carbocycles. The number of nitrogens with zero attached hydrogens (tertiary/aromatic N) is 3. The number of hydrogen-bond acceptors (Lipinski definition) is 6. The Hall–Kier alpha value is -1.47. The van der Waals surface area contributed by atoms with Gasteiger partial charge in [-0.1, -0.05) is 0 Å². The van der Waals surface area contributed by atoms with E-state index in [9.17, 15) is 10.1 Å². The lowest BCUT2D eigenvalue weighted by atomic mass is 10.3. The van der Waals surface area contributed by atoms with Gasteiger partial charge in [-0.2, -0.15) is 4.98 Å². The Bertz CT molecular complexity index is 402. The Morgan fingerprint density at radius 1 is 1.71 bits per heavy atom. The van der Waals surface area contributed by atoms with Crippen molar-refractivity contribution in [2.24, 2.45) is 0 Å². The average molecular weight is 261 g/mol. The second-order valence-electron chi connectivity index (χ2n) is 3.33. The minimum absolute atomic E-state index is 0.0401. The summed E-state index contributed by atoms with van der Waals surface area (Å²) in [6, 6.07) is -0.111. The van der Waals surface area contributed by atoms with Crippen LogP contribution in [0, 0.1) is 10.1 Å². The molecule has 0 aromatic carbocycles. The molecule has 1 atom stereocenters. The standard InChI is InChI=1S/C9H13ClN4O3/c1-3-17-5-6(2)12-8-7(14(15)16)4-11-9(10)13-8/h4,6H,3,5H2,1-2H3,(H,11,12,13). The number of nitro groups is 1. The number of halogens is 1. The molecule has 1 heterocycles. The van der Waals surface area contributed by atoms with E-state index in [1.165, 1.54) is 0 Å². The molecule has 1 rings (SSSR count). The van der Waals surface area contributed by atoms with Crippen LogP contribution in [-0.2, 0) is 4.74 Å². The summed E-state index contributed by atoms with van der Waals surface area (Å²) < 4.78 is 5.19. The van der Waals surface area contributed by atoms with Gasteiger partial charge in [-0.05, 0) is 25.4 Å². The number of rotatable bonds is 6. The van der Waals surface area contributed by atoms with Crippen LogP contribution in [0.1, 0.15) is 13.8 Å². The van der Waals surface area contributed by atoms with Gasteiger partial charge in [0.15, 0.2) is 0 Å². The van der Waals surface area contributed by atoms with Crippen LogP contribution in [-0.4, -0.2) is 34.1 Å². The third-order valence-corrected chi connectivity index (χ3v) is 2.07. The number of ether oxygens (including phenoxy) is 1. The monoisotopic (exact) mass is 260 g/mol. The fourth-order valence-corrected chi connectivity index (χ4v) is 1.30. The maximum atomic E-state index is 10.7. The van der Waals surface area contributed by atoms with Gasteiger partial charge >= 0.3 is 5.69 Å². The van der Waals surface area contributed by atoms with Crippen molar-refractivity contribution < 1.29 is 9.66 Å². The van der Waals surface area contributed by atoms with E-state index in [2.05, 4.69) is 15.3 Å². The summed E-state index contributed by atoms with van der Waals surface area (Å²) in [7, 11) is 0. The second kappa shape index (κ2) is 6.31. The van der Waals surface area contributed by atoms with Gasteiger partial charge in [0, 0.05) is 12.6 Å². The van der Waals surface area contributed by atoms with E-state index in [4.69, 9.17) is 16.3 Å². The Morgan fingerprint density at radius 3 is 3.00 bits per heavy atom. The molecule has 8 heteroatoms. The van der Waals surface area contributed by atoms with E-state index in [-0.39, 0.29) is 22.8 Å². The van der Waals surface area contributed by atoms with Crippen molar-refractivity contribution in [2.75, 3.05) is 18.5 Å². The third kappa shape index (κ3) is 4.12. The highest BCUT2D eigenvalue weighted by Gasteiger charge is 2.18. The van der Waals surface area contributed by atoms with Gasteiger partial charge in [-0.15, -0.1) is 0 Å². The van der Waals surface area contributed by atoms with Gasteiger partial charge in [0.25, 0.3) is 0 Å². The molecule has 0 aliphatic rings. The van der Waals surface area contributed by atoms with Crippen molar-refractivity contribution in [2.45, 2.75) is 19.9 Å². The largest absolute Gasteiger partial charge is 0.380 e. The van der Waals surface area contributed by atoms with Crippen LogP contribution in [0.2, 0.25) is 5.28 Å². The van der Waals surface area contributed by atoms with Crippen molar-refractivity contribution in [3.05, 3.63) is 21.6 Å². The van der Waals surface area contributed by atoms with Crippen LogP contribution in [0.5, 0.6) is 0 Å².